The Labute approximate surface area is 140 Å². The summed E-state index contributed by atoms with van der Waals surface area (Å²) < 4.78 is 0.707. The zero-order chi connectivity index (χ0) is 16.5. The van der Waals surface area contributed by atoms with Crippen LogP contribution in [0.25, 0.3) is 0 Å². The highest BCUT2D eigenvalue weighted by Gasteiger charge is 2.11. The molecule has 1 aliphatic rings. The van der Waals surface area contributed by atoms with Gasteiger partial charge in [0.25, 0.3) is 0 Å². The number of aromatic nitrogens is 1. The normalized spacial score (nSPS) is 14.4. The molecule has 1 aliphatic heterocycles. The van der Waals surface area contributed by atoms with Gasteiger partial charge in [-0.25, -0.2) is 14.6 Å². The first-order valence-electron chi connectivity index (χ1n) is 6.31. The molecule has 0 atom stereocenters. The van der Waals surface area contributed by atoms with Gasteiger partial charge in [0.05, 0.1) is 16.9 Å². The van der Waals surface area contributed by atoms with Crippen LogP contribution in [0.2, 0.25) is 5.02 Å². The number of nitrogens with zero attached hydrogens (tertiary/aromatic N) is 2. The Balaban J connectivity index is 0.000000261. The van der Waals surface area contributed by atoms with Crippen molar-refractivity contribution < 1.29 is 19.8 Å². The molecule has 9 heteroatoms. The number of carboxylic acid groups (broad SMARTS) is 2. The molecule has 0 radical (unpaired) electrons. The first-order valence-corrected chi connectivity index (χ1v) is 7.48. The van der Waals surface area contributed by atoms with Crippen molar-refractivity contribution in [3.05, 3.63) is 34.0 Å². The maximum atomic E-state index is 9.55. The summed E-state index contributed by atoms with van der Waals surface area (Å²) in [5.41, 5.74) is 1.10. The Hall–Kier alpha value is -1.64. The van der Waals surface area contributed by atoms with Gasteiger partial charge < -0.3 is 20.4 Å². The standard InChI is InChI=1S/C9H11BrClN3.C4H4O4/c10-9-8(11)5-7(6-13-9)14-3-1-12-2-4-14;5-3(6)1-2-4(7)8/h5-6,12H,1-4H2;1-2H,(H,5,6)(H,7,8)/b;2-1+. The van der Waals surface area contributed by atoms with Crippen LogP contribution in [-0.2, 0) is 9.59 Å². The lowest BCUT2D eigenvalue weighted by Gasteiger charge is -2.29. The Bertz CT molecular complexity index is 546. The number of piperazine rings is 1. The summed E-state index contributed by atoms with van der Waals surface area (Å²) in [6, 6.07) is 1.95. The van der Waals surface area contributed by atoms with Crippen LogP contribution in [0.15, 0.2) is 29.0 Å². The SMILES string of the molecule is Clc1cc(N2CCNCC2)cnc1Br.O=C(O)/C=C/C(=O)O. The molecule has 22 heavy (non-hydrogen) atoms. The molecular formula is C13H15BrClN3O4. The molecule has 7 nitrogen and oxygen atoms in total. The second kappa shape index (κ2) is 9.39. The van der Waals surface area contributed by atoms with Crippen molar-refractivity contribution in [2.75, 3.05) is 31.1 Å². The van der Waals surface area contributed by atoms with E-state index in [1.54, 1.807) is 0 Å². The van der Waals surface area contributed by atoms with Gasteiger partial charge in [-0.15, -0.1) is 0 Å². The molecule has 2 rings (SSSR count). The highest BCUT2D eigenvalue weighted by Crippen LogP contribution is 2.25. The van der Waals surface area contributed by atoms with E-state index in [1.165, 1.54) is 0 Å². The summed E-state index contributed by atoms with van der Waals surface area (Å²) in [4.78, 5) is 25.6. The topological polar surface area (TPSA) is 103 Å². The lowest BCUT2D eigenvalue weighted by Crippen LogP contribution is -2.43. The fourth-order valence-electron chi connectivity index (χ4n) is 1.65. The van der Waals surface area contributed by atoms with E-state index in [1.807, 2.05) is 12.3 Å². The van der Waals surface area contributed by atoms with Crippen molar-refractivity contribution in [3.8, 4) is 0 Å². The second-order valence-electron chi connectivity index (χ2n) is 4.21. The van der Waals surface area contributed by atoms with E-state index < -0.39 is 11.9 Å². The number of hydrogen-bond acceptors (Lipinski definition) is 5. The monoisotopic (exact) mass is 391 g/mol. The first kappa shape index (κ1) is 18.4. The van der Waals surface area contributed by atoms with Gasteiger partial charge in [0.1, 0.15) is 4.60 Å². The van der Waals surface area contributed by atoms with E-state index in [0.29, 0.717) is 21.8 Å². The lowest BCUT2D eigenvalue weighted by molar-refractivity contribution is -0.134. The van der Waals surface area contributed by atoms with Crippen molar-refractivity contribution in [2.24, 2.45) is 0 Å². The summed E-state index contributed by atoms with van der Waals surface area (Å²) in [5, 5.41) is 19.6. The molecular weight excluding hydrogens is 378 g/mol. The number of pyridine rings is 1. The third-order valence-electron chi connectivity index (χ3n) is 2.63. The molecule has 0 bridgehead atoms. The van der Waals surface area contributed by atoms with Gasteiger partial charge in [-0.1, -0.05) is 11.6 Å². The molecule has 0 amide bonds. The zero-order valence-corrected chi connectivity index (χ0v) is 13.8. The Morgan fingerprint density at radius 3 is 2.27 bits per heavy atom. The van der Waals surface area contributed by atoms with Crippen molar-refractivity contribution >= 4 is 45.2 Å². The van der Waals surface area contributed by atoms with Gasteiger partial charge in [0.15, 0.2) is 0 Å². The summed E-state index contributed by atoms with van der Waals surface area (Å²) in [7, 11) is 0. The number of carbonyl (C=O) groups is 2. The van der Waals surface area contributed by atoms with Gasteiger partial charge in [-0.3, -0.25) is 0 Å². The molecule has 0 spiro atoms. The average Bonchev–Trinajstić information content (AvgIpc) is 2.49. The van der Waals surface area contributed by atoms with Crippen LogP contribution < -0.4 is 10.2 Å². The van der Waals surface area contributed by atoms with Gasteiger partial charge >= 0.3 is 11.9 Å². The Morgan fingerprint density at radius 2 is 1.82 bits per heavy atom. The van der Waals surface area contributed by atoms with Crippen LogP contribution in [0.1, 0.15) is 0 Å². The fourth-order valence-corrected chi connectivity index (χ4v) is 2.03. The number of carboxylic acids is 2. The number of rotatable bonds is 3. The summed E-state index contributed by atoms with van der Waals surface area (Å²) in [5.74, 6) is -2.51. The molecule has 2 heterocycles. The third kappa shape index (κ3) is 6.88. The van der Waals surface area contributed by atoms with Crippen molar-refractivity contribution in [3.63, 3.8) is 0 Å². The van der Waals surface area contributed by atoms with Crippen molar-refractivity contribution in [1.29, 1.82) is 0 Å². The van der Waals surface area contributed by atoms with Crippen molar-refractivity contribution in [2.45, 2.75) is 0 Å². The van der Waals surface area contributed by atoms with E-state index in [-0.39, 0.29) is 0 Å². The van der Waals surface area contributed by atoms with E-state index in [2.05, 4.69) is 31.1 Å². The summed E-state index contributed by atoms with van der Waals surface area (Å²) in [6.45, 7) is 4.07. The minimum atomic E-state index is -1.26. The predicted octanol–water partition coefficient (Wildman–Crippen LogP) is 1.62. The molecule has 0 unspecified atom stereocenters. The molecule has 1 saturated heterocycles. The van der Waals surface area contributed by atoms with Crippen LogP contribution in [0, 0.1) is 0 Å². The van der Waals surface area contributed by atoms with Crippen LogP contribution in [0.3, 0.4) is 0 Å². The van der Waals surface area contributed by atoms with Gasteiger partial charge in [0.2, 0.25) is 0 Å². The van der Waals surface area contributed by atoms with Crippen LogP contribution in [-0.4, -0.2) is 53.3 Å². The fraction of sp³-hybridized carbons (Fsp3) is 0.308. The first-order chi connectivity index (χ1) is 10.4. The minimum Gasteiger partial charge on any atom is -0.478 e. The van der Waals surface area contributed by atoms with E-state index in [9.17, 15) is 9.59 Å². The van der Waals surface area contributed by atoms with Crippen molar-refractivity contribution in [1.82, 2.24) is 10.3 Å². The number of anilines is 1. The number of aliphatic carboxylic acids is 2. The minimum absolute atomic E-state index is 0.558. The molecule has 120 valence electrons. The number of nitrogens with one attached hydrogen (secondary N) is 1. The Kier molecular flexibility index (Phi) is 7.86. The van der Waals surface area contributed by atoms with Gasteiger partial charge in [-0.2, -0.15) is 0 Å². The molecule has 1 fully saturated rings. The van der Waals surface area contributed by atoms with E-state index in [4.69, 9.17) is 21.8 Å². The second-order valence-corrected chi connectivity index (χ2v) is 5.37. The average molecular weight is 393 g/mol. The summed E-state index contributed by atoms with van der Waals surface area (Å²) in [6.07, 6.45) is 2.96. The Morgan fingerprint density at radius 1 is 1.27 bits per heavy atom. The zero-order valence-electron chi connectivity index (χ0n) is 11.5. The highest BCUT2D eigenvalue weighted by molar-refractivity contribution is 9.10. The van der Waals surface area contributed by atoms with E-state index >= 15 is 0 Å². The molecule has 0 aliphatic carbocycles. The lowest BCUT2D eigenvalue weighted by atomic mass is 10.3. The smallest absolute Gasteiger partial charge is 0.328 e. The van der Waals surface area contributed by atoms with Crippen LogP contribution in [0.4, 0.5) is 5.69 Å². The van der Waals surface area contributed by atoms with E-state index in [0.717, 1.165) is 31.9 Å². The predicted molar refractivity (Wildman–Crippen MR) is 86.4 cm³/mol. The maximum absolute atomic E-state index is 9.55. The van der Waals surface area contributed by atoms with Gasteiger partial charge in [0, 0.05) is 38.3 Å². The molecule has 0 saturated carbocycles. The maximum Gasteiger partial charge on any atom is 0.328 e. The number of hydrogen-bond donors (Lipinski definition) is 3. The molecule has 1 aromatic heterocycles. The highest BCUT2D eigenvalue weighted by atomic mass is 79.9. The van der Waals surface area contributed by atoms with Gasteiger partial charge in [-0.05, 0) is 22.0 Å². The summed E-state index contributed by atoms with van der Waals surface area (Å²) >= 11 is 9.26. The molecule has 1 aromatic rings. The largest absolute Gasteiger partial charge is 0.478 e. The molecule has 3 N–H and O–H groups in total. The quantitative estimate of drug-likeness (QED) is 0.530. The third-order valence-corrected chi connectivity index (χ3v) is 3.78. The molecule has 0 aromatic carbocycles. The van der Waals surface area contributed by atoms with Crippen LogP contribution >= 0.6 is 27.5 Å². The number of halogens is 2. The van der Waals surface area contributed by atoms with Crippen LogP contribution in [0.5, 0.6) is 0 Å².